The van der Waals surface area contributed by atoms with Crippen LogP contribution in [0.5, 0.6) is 5.75 Å². The predicted octanol–water partition coefficient (Wildman–Crippen LogP) is 2.72. The summed E-state index contributed by atoms with van der Waals surface area (Å²) in [6.45, 7) is 0. The van der Waals surface area contributed by atoms with Crippen molar-refractivity contribution < 1.29 is 5.11 Å². The molecule has 0 spiro atoms. The van der Waals surface area contributed by atoms with Gasteiger partial charge in [-0.1, -0.05) is 0 Å². The van der Waals surface area contributed by atoms with Crippen molar-refractivity contribution >= 4 is 31.9 Å². The van der Waals surface area contributed by atoms with E-state index in [0.29, 0.717) is 4.47 Å². The van der Waals surface area contributed by atoms with Crippen LogP contribution in [0, 0.1) is 6.07 Å². The molecular weight excluding hydrogens is 248 g/mol. The molecule has 0 bridgehead atoms. The van der Waals surface area contributed by atoms with Crippen molar-refractivity contribution in [2.75, 3.05) is 0 Å². The average molecular weight is 251 g/mol. The minimum Gasteiger partial charge on any atom is -0.506 e. The number of phenolic OH excluding ortho intramolecular Hbond substituents is 1. The van der Waals surface area contributed by atoms with Gasteiger partial charge in [-0.3, -0.25) is 0 Å². The number of aromatic hydroxyl groups is 1. The quantitative estimate of drug-likeness (QED) is 0.751. The van der Waals surface area contributed by atoms with Gasteiger partial charge in [0.05, 0.1) is 4.47 Å². The van der Waals surface area contributed by atoms with Crippen LogP contribution in [0.25, 0.3) is 0 Å². The molecule has 0 saturated heterocycles. The minimum atomic E-state index is 0.129. The molecule has 1 radical (unpaired) electrons. The first-order valence-corrected chi connectivity index (χ1v) is 3.85. The smallest absolute Gasteiger partial charge is 0.138 e. The Morgan fingerprint density at radius 2 is 2.11 bits per heavy atom. The van der Waals surface area contributed by atoms with Gasteiger partial charge in [-0.15, -0.1) is 0 Å². The van der Waals surface area contributed by atoms with Crippen LogP contribution in [-0.2, 0) is 0 Å². The fraction of sp³-hybridized carbons (Fsp3) is 0. The lowest BCUT2D eigenvalue weighted by Gasteiger charge is -1.95. The summed E-state index contributed by atoms with van der Waals surface area (Å²) in [6, 6.07) is 6.06. The predicted molar refractivity (Wildman–Crippen MR) is 42.3 cm³/mol. The normalized spacial score (nSPS) is 9.56. The maximum atomic E-state index is 8.97. The highest BCUT2D eigenvalue weighted by molar-refractivity contribution is 9.13. The molecule has 1 N–H and O–H groups in total. The van der Waals surface area contributed by atoms with E-state index in [2.05, 4.69) is 37.9 Å². The Bertz CT molecular complexity index is 202. The first-order valence-electron chi connectivity index (χ1n) is 2.26. The first-order chi connectivity index (χ1) is 4.22. The summed E-state index contributed by atoms with van der Waals surface area (Å²) in [5.74, 6) is 0.129. The Morgan fingerprint density at radius 3 is 2.56 bits per heavy atom. The Hall–Kier alpha value is -0.0200. The third-order valence-corrected chi connectivity index (χ3v) is 2.86. The fourth-order valence-corrected chi connectivity index (χ4v) is 1.01. The van der Waals surface area contributed by atoms with Crippen LogP contribution in [0.3, 0.4) is 0 Å². The monoisotopic (exact) mass is 249 g/mol. The highest BCUT2D eigenvalue weighted by Gasteiger charge is 1.98. The fourth-order valence-electron chi connectivity index (χ4n) is 0.443. The molecule has 0 aliphatic rings. The van der Waals surface area contributed by atoms with Crippen molar-refractivity contribution in [3.8, 4) is 5.75 Å². The maximum Gasteiger partial charge on any atom is 0.138 e. The van der Waals surface area contributed by atoms with E-state index in [4.69, 9.17) is 5.11 Å². The zero-order valence-electron chi connectivity index (χ0n) is 4.36. The molecule has 47 valence electrons. The Labute approximate surface area is 70.0 Å². The summed E-state index contributed by atoms with van der Waals surface area (Å²) in [7, 11) is 0. The molecule has 9 heavy (non-hydrogen) atoms. The molecule has 0 atom stereocenters. The zero-order valence-corrected chi connectivity index (χ0v) is 7.53. The van der Waals surface area contributed by atoms with Crippen LogP contribution in [0.4, 0.5) is 0 Å². The van der Waals surface area contributed by atoms with Gasteiger partial charge >= 0.3 is 0 Å². The van der Waals surface area contributed by atoms with Gasteiger partial charge in [0.25, 0.3) is 0 Å². The van der Waals surface area contributed by atoms with Gasteiger partial charge in [0, 0.05) is 10.5 Å². The second-order valence-electron chi connectivity index (χ2n) is 1.49. The maximum absolute atomic E-state index is 8.97. The molecule has 0 aliphatic carbocycles. The molecule has 0 heterocycles. The van der Waals surface area contributed by atoms with Gasteiger partial charge in [0.2, 0.25) is 0 Å². The van der Waals surface area contributed by atoms with Crippen LogP contribution in [-0.4, -0.2) is 5.11 Å². The molecule has 1 aromatic rings. The Balaban J connectivity index is 3.25. The van der Waals surface area contributed by atoms with E-state index in [1.165, 1.54) is 0 Å². The zero-order chi connectivity index (χ0) is 6.85. The molecule has 1 aromatic carbocycles. The van der Waals surface area contributed by atoms with Crippen LogP contribution in [0.15, 0.2) is 21.1 Å². The van der Waals surface area contributed by atoms with Crippen LogP contribution >= 0.6 is 31.9 Å². The third-order valence-electron chi connectivity index (χ3n) is 0.867. The second-order valence-corrected chi connectivity index (χ2v) is 3.14. The lowest BCUT2D eigenvalue weighted by molar-refractivity contribution is 0.470. The van der Waals surface area contributed by atoms with Crippen molar-refractivity contribution in [1.29, 1.82) is 0 Å². The largest absolute Gasteiger partial charge is 0.506 e. The molecule has 0 unspecified atom stereocenters. The van der Waals surface area contributed by atoms with Gasteiger partial charge in [0.15, 0.2) is 0 Å². The van der Waals surface area contributed by atoms with Gasteiger partial charge in [-0.25, -0.2) is 0 Å². The van der Waals surface area contributed by atoms with Gasteiger partial charge in [-0.2, -0.15) is 0 Å². The van der Waals surface area contributed by atoms with Crippen molar-refractivity contribution in [3.63, 3.8) is 0 Å². The summed E-state index contributed by atoms with van der Waals surface area (Å²) in [6.07, 6.45) is 0. The van der Waals surface area contributed by atoms with Crippen LogP contribution < -0.4 is 0 Å². The SMILES string of the molecule is Oc1[c]ccc(Br)c1Br. The van der Waals surface area contributed by atoms with Gasteiger partial charge < -0.3 is 5.11 Å². The number of hydrogen-bond donors (Lipinski definition) is 1. The van der Waals surface area contributed by atoms with E-state index in [-0.39, 0.29) is 5.75 Å². The van der Waals surface area contributed by atoms with E-state index >= 15 is 0 Å². The highest BCUT2D eigenvalue weighted by Crippen LogP contribution is 2.30. The molecule has 0 aliphatic heterocycles. The minimum absolute atomic E-state index is 0.129. The van der Waals surface area contributed by atoms with E-state index in [9.17, 15) is 0 Å². The third kappa shape index (κ3) is 1.46. The second kappa shape index (κ2) is 2.71. The summed E-state index contributed by atoms with van der Waals surface area (Å²) >= 11 is 6.37. The topological polar surface area (TPSA) is 20.2 Å². The molecule has 1 rings (SSSR count). The summed E-state index contributed by atoms with van der Waals surface area (Å²) in [4.78, 5) is 0. The Kier molecular flexibility index (Phi) is 2.13. The molecule has 0 aromatic heterocycles. The van der Waals surface area contributed by atoms with E-state index in [0.717, 1.165) is 4.47 Å². The van der Waals surface area contributed by atoms with E-state index in [1.54, 1.807) is 12.1 Å². The molecule has 3 heteroatoms. The number of rotatable bonds is 0. The van der Waals surface area contributed by atoms with E-state index < -0.39 is 0 Å². The lowest BCUT2D eigenvalue weighted by Crippen LogP contribution is -1.69. The highest BCUT2D eigenvalue weighted by atomic mass is 79.9. The number of hydrogen-bond acceptors (Lipinski definition) is 1. The van der Waals surface area contributed by atoms with Gasteiger partial charge in [0.1, 0.15) is 5.75 Å². The number of halogens is 2. The average Bonchev–Trinajstić information content (AvgIpc) is 1.83. The summed E-state index contributed by atoms with van der Waals surface area (Å²) in [5, 5.41) is 8.97. The van der Waals surface area contributed by atoms with E-state index in [1.807, 2.05) is 0 Å². The van der Waals surface area contributed by atoms with Crippen molar-refractivity contribution in [2.24, 2.45) is 0 Å². The molecular formula is C6H3Br2O. The molecule has 1 nitrogen and oxygen atoms in total. The lowest BCUT2D eigenvalue weighted by atomic mass is 10.3. The first kappa shape index (κ1) is 7.09. The number of benzene rings is 1. The summed E-state index contributed by atoms with van der Waals surface area (Å²) < 4.78 is 1.48. The molecule has 0 saturated carbocycles. The van der Waals surface area contributed by atoms with Crippen molar-refractivity contribution in [3.05, 3.63) is 27.1 Å². The van der Waals surface area contributed by atoms with Gasteiger partial charge in [-0.05, 0) is 44.0 Å². The summed E-state index contributed by atoms with van der Waals surface area (Å²) in [5.41, 5.74) is 0. The molecule has 0 amide bonds. The van der Waals surface area contributed by atoms with Crippen LogP contribution in [0.2, 0.25) is 0 Å². The number of phenols is 1. The van der Waals surface area contributed by atoms with Crippen molar-refractivity contribution in [1.82, 2.24) is 0 Å². The standard InChI is InChI=1S/C6H3Br2O/c7-4-2-1-3-5(9)6(4)8/h1-2,9H. The Morgan fingerprint density at radius 1 is 1.44 bits per heavy atom. The van der Waals surface area contributed by atoms with Crippen LogP contribution in [0.1, 0.15) is 0 Å². The molecule has 0 fully saturated rings. The van der Waals surface area contributed by atoms with Crippen molar-refractivity contribution in [2.45, 2.75) is 0 Å².